The standard InChI is InChI=1S/C11H16ClN3O2/c1-15(2)10-4-3-8(12)7-9(10)14-11(17)13-5-6-16/h3-4,7,16H,5-6H2,1-2H3,(H2,13,14,17). The van der Waals surface area contributed by atoms with Gasteiger partial charge in [0.2, 0.25) is 0 Å². The molecule has 3 N–H and O–H groups in total. The van der Waals surface area contributed by atoms with Gasteiger partial charge < -0.3 is 20.6 Å². The van der Waals surface area contributed by atoms with E-state index in [2.05, 4.69) is 10.6 Å². The number of hydrogen-bond acceptors (Lipinski definition) is 3. The number of carbonyl (C=O) groups excluding carboxylic acids is 1. The minimum absolute atomic E-state index is 0.0937. The third-order valence-electron chi connectivity index (χ3n) is 2.09. The number of hydrogen-bond donors (Lipinski definition) is 3. The maximum atomic E-state index is 11.5. The number of rotatable bonds is 4. The lowest BCUT2D eigenvalue weighted by Crippen LogP contribution is -2.31. The Bertz CT molecular complexity index is 396. The number of anilines is 2. The molecule has 2 amide bonds. The molecule has 0 radical (unpaired) electrons. The second-order valence-electron chi connectivity index (χ2n) is 3.66. The number of amides is 2. The largest absolute Gasteiger partial charge is 0.395 e. The quantitative estimate of drug-likeness (QED) is 0.766. The zero-order valence-corrected chi connectivity index (χ0v) is 10.6. The Morgan fingerprint density at radius 1 is 1.47 bits per heavy atom. The van der Waals surface area contributed by atoms with E-state index >= 15 is 0 Å². The Hall–Kier alpha value is -1.46. The number of aliphatic hydroxyl groups excluding tert-OH is 1. The van der Waals surface area contributed by atoms with E-state index in [0.29, 0.717) is 10.7 Å². The summed E-state index contributed by atoms with van der Waals surface area (Å²) in [6.45, 7) is 0.118. The first-order valence-electron chi connectivity index (χ1n) is 5.17. The third kappa shape index (κ3) is 4.13. The molecule has 17 heavy (non-hydrogen) atoms. The van der Waals surface area contributed by atoms with Crippen LogP contribution in [0, 0.1) is 0 Å². The number of benzene rings is 1. The van der Waals surface area contributed by atoms with Crippen LogP contribution >= 0.6 is 11.6 Å². The van der Waals surface area contributed by atoms with Crippen molar-refractivity contribution in [2.45, 2.75) is 0 Å². The summed E-state index contributed by atoms with van der Waals surface area (Å²) in [6, 6.07) is 4.89. The van der Waals surface area contributed by atoms with Crippen LogP contribution in [0.25, 0.3) is 0 Å². The van der Waals surface area contributed by atoms with Crippen molar-refractivity contribution in [3.8, 4) is 0 Å². The number of urea groups is 1. The molecule has 94 valence electrons. The van der Waals surface area contributed by atoms with Crippen LogP contribution in [0.3, 0.4) is 0 Å². The first-order chi connectivity index (χ1) is 8.04. The van der Waals surface area contributed by atoms with Crippen LogP contribution in [0.4, 0.5) is 16.2 Å². The summed E-state index contributed by atoms with van der Waals surface area (Å²) >= 11 is 5.88. The van der Waals surface area contributed by atoms with Crippen LogP contribution in [0.2, 0.25) is 5.02 Å². The minimum Gasteiger partial charge on any atom is -0.395 e. The van der Waals surface area contributed by atoms with Crippen molar-refractivity contribution in [2.75, 3.05) is 37.5 Å². The van der Waals surface area contributed by atoms with E-state index in [4.69, 9.17) is 16.7 Å². The van der Waals surface area contributed by atoms with Gasteiger partial charge >= 0.3 is 6.03 Å². The van der Waals surface area contributed by atoms with E-state index in [9.17, 15) is 4.79 Å². The molecule has 0 aromatic heterocycles. The first-order valence-corrected chi connectivity index (χ1v) is 5.55. The topological polar surface area (TPSA) is 64.6 Å². The Balaban J connectivity index is 2.81. The smallest absolute Gasteiger partial charge is 0.319 e. The first kappa shape index (κ1) is 13.6. The fourth-order valence-corrected chi connectivity index (χ4v) is 1.51. The Morgan fingerprint density at radius 2 is 2.18 bits per heavy atom. The zero-order chi connectivity index (χ0) is 12.8. The number of aliphatic hydroxyl groups is 1. The van der Waals surface area contributed by atoms with E-state index in [-0.39, 0.29) is 19.2 Å². The average molecular weight is 258 g/mol. The van der Waals surface area contributed by atoms with Crippen molar-refractivity contribution in [3.05, 3.63) is 23.2 Å². The summed E-state index contributed by atoms with van der Waals surface area (Å²) < 4.78 is 0. The van der Waals surface area contributed by atoms with E-state index in [1.165, 1.54) is 0 Å². The highest BCUT2D eigenvalue weighted by molar-refractivity contribution is 6.31. The van der Waals surface area contributed by atoms with Gasteiger partial charge in [-0.3, -0.25) is 0 Å². The van der Waals surface area contributed by atoms with E-state index in [0.717, 1.165) is 5.69 Å². The fraction of sp³-hybridized carbons (Fsp3) is 0.364. The second-order valence-corrected chi connectivity index (χ2v) is 4.10. The van der Waals surface area contributed by atoms with Crippen LogP contribution in [0.15, 0.2) is 18.2 Å². The molecular formula is C11H16ClN3O2. The van der Waals surface area contributed by atoms with Crippen molar-refractivity contribution < 1.29 is 9.90 Å². The van der Waals surface area contributed by atoms with Crippen molar-refractivity contribution in [1.82, 2.24) is 5.32 Å². The molecule has 0 fully saturated rings. The lowest BCUT2D eigenvalue weighted by atomic mass is 10.2. The molecule has 0 saturated heterocycles. The summed E-state index contributed by atoms with van der Waals surface area (Å²) in [5.74, 6) is 0. The van der Waals surface area contributed by atoms with Crippen LogP contribution < -0.4 is 15.5 Å². The molecule has 0 saturated carbocycles. The van der Waals surface area contributed by atoms with E-state index < -0.39 is 0 Å². The van der Waals surface area contributed by atoms with E-state index in [1.807, 2.05) is 25.1 Å². The molecule has 1 aromatic carbocycles. The molecule has 0 heterocycles. The summed E-state index contributed by atoms with van der Waals surface area (Å²) in [5.41, 5.74) is 1.48. The van der Waals surface area contributed by atoms with E-state index in [1.54, 1.807) is 12.1 Å². The Labute approximate surface area is 105 Å². The lowest BCUT2D eigenvalue weighted by Gasteiger charge is -2.18. The number of nitrogens with zero attached hydrogens (tertiary/aromatic N) is 1. The molecule has 1 aromatic rings. The molecular weight excluding hydrogens is 242 g/mol. The van der Waals surface area contributed by atoms with Gasteiger partial charge in [0.05, 0.1) is 18.0 Å². The third-order valence-corrected chi connectivity index (χ3v) is 2.32. The summed E-state index contributed by atoms with van der Waals surface area (Å²) in [5, 5.41) is 14.3. The molecule has 0 aliphatic heterocycles. The Morgan fingerprint density at radius 3 is 2.76 bits per heavy atom. The average Bonchev–Trinajstić information content (AvgIpc) is 2.26. The van der Waals surface area contributed by atoms with Gasteiger partial charge in [-0.1, -0.05) is 11.6 Å². The highest BCUT2D eigenvalue weighted by atomic mass is 35.5. The number of halogens is 1. The van der Waals surface area contributed by atoms with Crippen LogP contribution in [-0.4, -0.2) is 38.4 Å². The molecule has 1 rings (SSSR count). The molecule has 6 heteroatoms. The second kappa shape index (κ2) is 6.32. The van der Waals surface area contributed by atoms with Gasteiger partial charge in [0.1, 0.15) is 0 Å². The van der Waals surface area contributed by atoms with Crippen molar-refractivity contribution in [3.63, 3.8) is 0 Å². The molecule has 0 bridgehead atoms. The highest BCUT2D eigenvalue weighted by Crippen LogP contribution is 2.27. The van der Waals surface area contributed by atoms with Crippen LogP contribution in [-0.2, 0) is 0 Å². The normalized spacial score (nSPS) is 9.88. The van der Waals surface area contributed by atoms with Gasteiger partial charge in [-0.05, 0) is 18.2 Å². The van der Waals surface area contributed by atoms with Gasteiger partial charge in [-0.2, -0.15) is 0 Å². The lowest BCUT2D eigenvalue weighted by molar-refractivity contribution is 0.245. The van der Waals surface area contributed by atoms with Crippen LogP contribution in [0.5, 0.6) is 0 Å². The van der Waals surface area contributed by atoms with Crippen molar-refractivity contribution in [1.29, 1.82) is 0 Å². The molecule has 0 spiro atoms. The Kier molecular flexibility index (Phi) is 5.06. The summed E-state index contributed by atoms with van der Waals surface area (Å²) in [4.78, 5) is 13.3. The van der Waals surface area contributed by atoms with Crippen molar-refractivity contribution >= 4 is 29.0 Å². The van der Waals surface area contributed by atoms with Gasteiger partial charge in [-0.25, -0.2) is 4.79 Å². The fourth-order valence-electron chi connectivity index (χ4n) is 1.33. The van der Waals surface area contributed by atoms with Crippen molar-refractivity contribution in [2.24, 2.45) is 0 Å². The molecule has 0 aliphatic carbocycles. The molecule has 0 atom stereocenters. The molecule has 0 unspecified atom stereocenters. The van der Waals surface area contributed by atoms with Gasteiger partial charge in [0, 0.05) is 25.7 Å². The predicted octanol–water partition coefficient (Wildman–Crippen LogP) is 1.52. The minimum atomic E-state index is -0.371. The van der Waals surface area contributed by atoms with Gasteiger partial charge in [0.25, 0.3) is 0 Å². The maximum absolute atomic E-state index is 11.5. The molecule has 5 nitrogen and oxygen atoms in total. The summed E-state index contributed by atoms with van der Waals surface area (Å²) in [6.07, 6.45) is 0. The SMILES string of the molecule is CN(C)c1ccc(Cl)cc1NC(=O)NCCO. The predicted molar refractivity (Wildman–Crippen MR) is 69.9 cm³/mol. The zero-order valence-electron chi connectivity index (χ0n) is 9.83. The maximum Gasteiger partial charge on any atom is 0.319 e. The summed E-state index contributed by atoms with van der Waals surface area (Å²) in [7, 11) is 3.75. The van der Waals surface area contributed by atoms with Gasteiger partial charge in [0.15, 0.2) is 0 Å². The monoisotopic (exact) mass is 257 g/mol. The molecule has 0 aliphatic rings. The number of nitrogens with one attached hydrogen (secondary N) is 2. The van der Waals surface area contributed by atoms with Crippen LogP contribution in [0.1, 0.15) is 0 Å². The number of carbonyl (C=O) groups is 1. The highest BCUT2D eigenvalue weighted by Gasteiger charge is 2.08. The van der Waals surface area contributed by atoms with Gasteiger partial charge in [-0.15, -0.1) is 0 Å².